The molecule has 3 heterocycles. The van der Waals surface area contributed by atoms with Crippen LogP contribution in [0.25, 0.3) is 33.3 Å². The van der Waals surface area contributed by atoms with Crippen molar-refractivity contribution in [2.75, 3.05) is 17.7 Å². The standard InChI is InChI=1S/C21H16F3N5O2/c1-25-18-13-8-26-17(29-19(30)10-2-3-10)7-12(13)14(9-27-18)20-28-15-6-11(21(22,23)24)4-5-16(15)31-20/h4-10H,2-3H2,1H3,(H,25,27)(H,26,29,30). The molecule has 0 saturated heterocycles. The van der Waals surface area contributed by atoms with Gasteiger partial charge in [-0.2, -0.15) is 13.2 Å². The summed E-state index contributed by atoms with van der Waals surface area (Å²) in [5.41, 5.74) is -0.0112. The minimum Gasteiger partial charge on any atom is -0.436 e. The number of aromatic nitrogens is 3. The van der Waals surface area contributed by atoms with Crippen molar-refractivity contribution in [1.29, 1.82) is 0 Å². The third-order valence-corrected chi connectivity index (χ3v) is 5.15. The fraction of sp³-hybridized carbons (Fsp3) is 0.238. The maximum absolute atomic E-state index is 13.0. The van der Waals surface area contributed by atoms with Crippen LogP contribution in [0.5, 0.6) is 0 Å². The molecule has 4 aromatic rings. The molecule has 2 N–H and O–H groups in total. The molecular formula is C21H16F3N5O2. The number of hydrogen-bond acceptors (Lipinski definition) is 6. The summed E-state index contributed by atoms with van der Waals surface area (Å²) in [6, 6.07) is 4.83. The topological polar surface area (TPSA) is 92.9 Å². The molecule has 158 valence electrons. The van der Waals surface area contributed by atoms with E-state index in [1.165, 1.54) is 12.3 Å². The lowest BCUT2D eigenvalue weighted by molar-refractivity contribution is -0.137. The Bertz CT molecular complexity index is 1330. The van der Waals surface area contributed by atoms with Crippen molar-refractivity contribution in [3.8, 4) is 11.5 Å². The van der Waals surface area contributed by atoms with Crippen molar-refractivity contribution in [1.82, 2.24) is 15.0 Å². The number of pyridine rings is 2. The Labute approximate surface area is 173 Å². The van der Waals surface area contributed by atoms with Crippen molar-refractivity contribution in [2.24, 2.45) is 5.92 Å². The molecule has 0 unspecified atom stereocenters. The van der Waals surface area contributed by atoms with Crippen molar-refractivity contribution in [3.63, 3.8) is 0 Å². The van der Waals surface area contributed by atoms with E-state index in [1.54, 1.807) is 19.3 Å². The number of fused-ring (bicyclic) bond motifs is 2. The summed E-state index contributed by atoms with van der Waals surface area (Å²) in [5, 5.41) is 7.07. The molecule has 31 heavy (non-hydrogen) atoms. The molecule has 10 heteroatoms. The molecule has 1 fully saturated rings. The molecular weight excluding hydrogens is 411 g/mol. The number of nitrogens with one attached hydrogen (secondary N) is 2. The van der Waals surface area contributed by atoms with Crippen LogP contribution in [0.3, 0.4) is 0 Å². The number of nitrogens with zero attached hydrogens (tertiary/aromatic N) is 3. The number of benzene rings is 1. The smallest absolute Gasteiger partial charge is 0.416 e. The largest absolute Gasteiger partial charge is 0.436 e. The van der Waals surface area contributed by atoms with E-state index in [-0.39, 0.29) is 28.8 Å². The Morgan fingerprint density at radius 2 is 1.94 bits per heavy atom. The zero-order chi connectivity index (χ0) is 21.8. The molecule has 5 rings (SSSR count). The van der Waals surface area contributed by atoms with E-state index in [0.717, 1.165) is 25.0 Å². The normalized spacial score (nSPS) is 14.2. The van der Waals surface area contributed by atoms with Crippen molar-refractivity contribution < 1.29 is 22.4 Å². The Morgan fingerprint density at radius 1 is 1.13 bits per heavy atom. The number of rotatable bonds is 4. The summed E-state index contributed by atoms with van der Waals surface area (Å²) in [7, 11) is 1.71. The summed E-state index contributed by atoms with van der Waals surface area (Å²) in [6.07, 6.45) is 0.347. The fourth-order valence-corrected chi connectivity index (χ4v) is 3.37. The third kappa shape index (κ3) is 3.54. The first kappa shape index (κ1) is 19.3. The van der Waals surface area contributed by atoms with Gasteiger partial charge in [0.15, 0.2) is 5.58 Å². The van der Waals surface area contributed by atoms with Gasteiger partial charge in [0.05, 0.1) is 11.1 Å². The first-order chi connectivity index (χ1) is 14.8. The molecule has 0 radical (unpaired) electrons. The third-order valence-electron chi connectivity index (χ3n) is 5.15. The van der Waals surface area contributed by atoms with Gasteiger partial charge in [-0.05, 0) is 37.1 Å². The number of oxazole rings is 1. The Balaban J connectivity index is 1.63. The molecule has 1 amide bonds. The highest BCUT2D eigenvalue weighted by Crippen LogP contribution is 2.36. The summed E-state index contributed by atoms with van der Waals surface area (Å²) in [6.45, 7) is 0. The van der Waals surface area contributed by atoms with Gasteiger partial charge in [0.25, 0.3) is 0 Å². The minimum atomic E-state index is -4.48. The Morgan fingerprint density at radius 3 is 2.65 bits per heavy atom. The van der Waals surface area contributed by atoms with Gasteiger partial charge in [0.1, 0.15) is 17.2 Å². The monoisotopic (exact) mass is 427 g/mol. The number of carbonyl (C=O) groups is 1. The number of hydrogen-bond donors (Lipinski definition) is 2. The maximum atomic E-state index is 13.0. The first-order valence-electron chi connectivity index (χ1n) is 9.59. The number of carbonyl (C=O) groups excluding carboxylic acids is 1. The Hall–Kier alpha value is -3.69. The second-order valence-electron chi connectivity index (χ2n) is 7.35. The molecule has 0 bridgehead atoms. The minimum absolute atomic E-state index is 0.0159. The second-order valence-corrected chi connectivity index (χ2v) is 7.35. The highest BCUT2D eigenvalue weighted by molar-refractivity contribution is 6.03. The summed E-state index contributed by atoms with van der Waals surface area (Å²) in [5.74, 6) is 0.983. The van der Waals surface area contributed by atoms with Crippen molar-refractivity contribution in [3.05, 3.63) is 42.2 Å². The number of amides is 1. The SMILES string of the molecule is CNc1ncc(-c2nc3cc(C(F)(F)F)ccc3o2)c2cc(NC(=O)C3CC3)ncc12. The second kappa shape index (κ2) is 6.93. The Kier molecular flexibility index (Phi) is 4.31. The molecule has 1 aromatic carbocycles. The predicted molar refractivity (Wildman–Crippen MR) is 108 cm³/mol. The average molecular weight is 427 g/mol. The van der Waals surface area contributed by atoms with E-state index in [9.17, 15) is 18.0 Å². The van der Waals surface area contributed by atoms with Crippen LogP contribution >= 0.6 is 0 Å². The van der Waals surface area contributed by atoms with E-state index in [2.05, 4.69) is 25.6 Å². The highest BCUT2D eigenvalue weighted by atomic mass is 19.4. The predicted octanol–water partition coefficient (Wildman–Crippen LogP) is 4.85. The zero-order valence-electron chi connectivity index (χ0n) is 16.2. The fourth-order valence-electron chi connectivity index (χ4n) is 3.37. The summed E-state index contributed by atoms with van der Waals surface area (Å²) >= 11 is 0. The lowest BCUT2D eigenvalue weighted by Crippen LogP contribution is -2.14. The summed E-state index contributed by atoms with van der Waals surface area (Å²) in [4.78, 5) is 25.0. The molecule has 0 aliphatic heterocycles. The van der Waals surface area contributed by atoms with Gasteiger partial charge in [0, 0.05) is 36.1 Å². The molecule has 1 saturated carbocycles. The van der Waals surface area contributed by atoms with Gasteiger partial charge in [-0.3, -0.25) is 4.79 Å². The molecule has 1 aliphatic rings. The molecule has 3 aromatic heterocycles. The van der Waals surface area contributed by atoms with E-state index < -0.39 is 11.7 Å². The van der Waals surface area contributed by atoms with Gasteiger partial charge >= 0.3 is 6.18 Å². The quantitative estimate of drug-likeness (QED) is 0.484. The van der Waals surface area contributed by atoms with Crippen LogP contribution in [0.15, 0.2) is 41.1 Å². The highest BCUT2D eigenvalue weighted by Gasteiger charge is 2.31. The van der Waals surface area contributed by atoms with Crippen LogP contribution in [-0.4, -0.2) is 27.9 Å². The van der Waals surface area contributed by atoms with E-state index in [0.29, 0.717) is 28.0 Å². The summed E-state index contributed by atoms with van der Waals surface area (Å²) < 4.78 is 44.8. The van der Waals surface area contributed by atoms with Gasteiger partial charge < -0.3 is 15.1 Å². The van der Waals surface area contributed by atoms with E-state index in [4.69, 9.17) is 4.42 Å². The number of alkyl halides is 3. The zero-order valence-corrected chi connectivity index (χ0v) is 16.2. The van der Waals surface area contributed by atoms with E-state index in [1.807, 2.05) is 0 Å². The van der Waals surface area contributed by atoms with Gasteiger partial charge in [-0.25, -0.2) is 15.0 Å². The first-order valence-corrected chi connectivity index (χ1v) is 9.59. The molecule has 7 nitrogen and oxygen atoms in total. The molecule has 0 atom stereocenters. The average Bonchev–Trinajstić information content (AvgIpc) is 3.51. The molecule has 1 aliphatic carbocycles. The van der Waals surface area contributed by atoms with Crippen molar-refractivity contribution >= 4 is 39.4 Å². The van der Waals surface area contributed by atoms with Gasteiger partial charge in [0.2, 0.25) is 11.8 Å². The van der Waals surface area contributed by atoms with Crippen LogP contribution in [0.4, 0.5) is 24.8 Å². The van der Waals surface area contributed by atoms with E-state index >= 15 is 0 Å². The van der Waals surface area contributed by atoms with Gasteiger partial charge in [-0.15, -0.1) is 0 Å². The van der Waals surface area contributed by atoms with Crippen LogP contribution in [0.2, 0.25) is 0 Å². The van der Waals surface area contributed by atoms with Gasteiger partial charge in [-0.1, -0.05) is 0 Å². The van der Waals surface area contributed by atoms with Crippen LogP contribution < -0.4 is 10.6 Å². The van der Waals surface area contributed by atoms with Crippen LogP contribution in [0.1, 0.15) is 18.4 Å². The van der Waals surface area contributed by atoms with Crippen LogP contribution in [-0.2, 0) is 11.0 Å². The van der Waals surface area contributed by atoms with Crippen molar-refractivity contribution in [2.45, 2.75) is 19.0 Å². The van der Waals surface area contributed by atoms with Crippen LogP contribution in [0, 0.1) is 5.92 Å². The number of anilines is 2. The molecule has 0 spiro atoms. The lowest BCUT2D eigenvalue weighted by atomic mass is 10.1. The number of halogens is 3. The maximum Gasteiger partial charge on any atom is 0.416 e. The lowest BCUT2D eigenvalue weighted by Gasteiger charge is -2.10.